The molecule has 0 N–H and O–H groups in total. The lowest BCUT2D eigenvalue weighted by atomic mass is 10.1. The molecule has 17 heavy (non-hydrogen) atoms. The van der Waals surface area contributed by atoms with Crippen molar-refractivity contribution in [3.8, 4) is 5.75 Å². The molecule has 1 fully saturated rings. The van der Waals surface area contributed by atoms with E-state index in [-0.39, 0.29) is 5.91 Å². The topological polar surface area (TPSA) is 38.8 Å². The molecule has 1 heterocycles. The van der Waals surface area contributed by atoms with E-state index >= 15 is 0 Å². The summed E-state index contributed by atoms with van der Waals surface area (Å²) < 4.78 is 5.13. The number of hydroxylamine groups is 2. The van der Waals surface area contributed by atoms with Crippen LogP contribution in [0.25, 0.3) is 0 Å². The molecule has 92 valence electrons. The van der Waals surface area contributed by atoms with Crippen molar-refractivity contribution in [3.05, 3.63) is 29.8 Å². The van der Waals surface area contributed by atoms with Gasteiger partial charge in [0.25, 0.3) is 5.91 Å². The molecule has 1 saturated heterocycles. The molecule has 1 aromatic carbocycles. The smallest absolute Gasteiger partial charge is 0.250 e. The molecule has 1 aromatic rings. The van der Waals surface area contributed by atoms with Crippen LogP contribution in [-0.4, -0.2) is 31.2 Å². The molecule has 0 saturated carbocycles. The second kappa shape index (κ2) is 5.68. The van der Waals surface area contributed by atoms with Crippen LogP contribution in [-0.2, 0) is 16.1 Å². The maximum Gasteiger partial charge on any atom is 0.250 e. The van der Waals surface area contributed by atoms with Crippen LogP contribution in [0.3, 0.4) is 0 Å². The van der Waals surface area contributed by atoms with E-state index in [0.29, 0.717) is 19.6 Å². The van der Waals surface area contributed by atoms with Gasteiger partial charge >= 0.3 is 0 Å². The van der Waals surface area contributed by atoms with Crippen LogP contribution in [0.4, 0.5) is 0 Å². The molecule has 0 radical (unpaired) electrons. The lowest BCUT2D eigenvalue weighted by Crippen LogP contribution is -2.36. The summed E-state index contributed by atoms with van der Waals surface area (Å²) in [7, 11) is 1.62. The van der Waals surface area contributed by atoms with Crippen LogP contribution < -0.4 is 4.74 Å². The van der Waals surface area contributed by atoms with Gasteiger partial charge in [0.2, 0.25) is 0 Å². The first-order valence-corrected chi connectivity index (χ1v) is 5.86. The minimum atomic E-state index is 0.0120. The Morgan fingerprint density at radius 1 is 1.47 bits per heavy atom. The summed E-state index contributed by atoms with van der Waals surface area (Å²) in [5, 5.41) is 1.48. The molecule has 1 aliphatic heterocycles. The number of nitrogens with zero attached hydrogens (tertiary/aromatic N) is 1. The second-order valence-corrected chi connectivity index (χ2v) is 4.06. The summed E-state index contributed by atoms with van der Waals surface area (Å²) in [4.78, 5) is 17.2. The summed E-state index contributed by atoms with van der Waals surface area (Å²) in [6, 6.07) is 7.55. The number of ether oxygens (including phenoxy) is 1. The first-order valence-electron chi connectivity index (χ1n) is 5.86. The van der Waals surface area contributed by atoms with Crippen molar-refractivity contribution in [1.29, 1.82) is 0 Å². The highest BCUT2D eigenvalue weighted by atomic mass is 16.7. The maximum atomic E-state index is 11.9. The Balaban J connectivity index is 1.96. The Morgan fingerprint density at radius 3 is 3.06 bits per heavy atom. The minimum Gasteiger partial charge on any atom is -0.497 e. The van der Waals surface area contributed by atoms with E-state index in [4.69, 9.17) is 9.57 Å². The predicted octanol–water partition coefficient (Wildman–Crippen LogP) is 1.79. The standard InChI is InChI=1S/C13H17NO3/c1-16-12-6-4-5-11(9-12)10-13(15)14-7-2-3-8-17-14/h4-6,9H,2-3,7-8,10H2,1H3. The SMILES string of the molecule is COc1cccc(CC(=O)N2CCCCO2)c1. The minimum absolute atomic E-state index is 0.0120. The molecule has 0 atom stereocenters. The summed E-state index contributed by atoms with van der Waals surface area (Å²) in [6.07, 6.45) is 2.41. The molecule has 2 rings (SSSR count). The van der Waals surface area contributed by atoms with Crippen LogP contribution in [0.2, 0.25) is 0 Å². The van der Waals surface area contributed by atoms with Crippen molar-refractivity contribution in [2.75, 3.05) is 20.3 Å². The van der Waals surface area contributed by atoms with E-state index in [0.717, 1.165) is 24.2 Å². The van der Waals surface area contributed by atoms with Crippen LogP contribution in [0.1, 0.15) is 18.4 Å². The average Bonchev–Trinajstić information content (AvgIpc) is 2.40. The van der Waals surface area contributed by atoms with E-state index in [1.807, 2.05) is 24.3 Å². The van der Waals surface area contributed by atoms with Gasteiger partial charge in [-0.3, -0.25) is 9.63 Å². The predicted molar refractivity (Wildman–Crippen MR) is 63.6 cm³/mol. The molecule has 4 heteroatoms. The van der Waals surface area contributed by atoms with Gasteiger partial charge in [0, 0.05) is 6.54 Å². The second-order valence-electron chi connectivity index (χ2n) is 4.06. The monoisotopic (exact) mass is 235 g/mol. The van der Waals surface area contributed by atoms with E-state index in [2.05, 4.69) is 0 Å². The Kier molecular flexibility index (Phi) is 3.98. The Hall–Kier alpha value is -1.55. The lowest BCUT2D eigenvalue weighted by molar-refractivity contribution is -0.196. The van der Waals surface area contributed by atoms with Crippen LogP contribution in [0.15, 0.2) is 24.3 Å². The molecule has 0 unspecified atom stereocenters. The highest BCUT2D eigenvalue weighted by molar-refractivity contribution is 5.77. The normalized spacial score (nSPS) is 15.7. The molecule has 4 nitrogen and oxygen atoms in total. The van der Waals surface area contributed by atoms with Gasteiger partial charge in [-0.1, -0.05) is 12.1 Å². The van der Waals surface area contributed by atoms with Gasteiger partial charge in [0.1, 0.15) is 5.75 Å². The number of hydrogen-bond donors (Lipinski definition) is 0. The van der Waals surface area contributed by atoms with E-state index in [1.165, 1.54) is 5.06 Å². The molecular weight excluding hydrogens is 218 g/mol. The average molecular weight is 235 g/mol. The zero-order valence-electron chi connectivity index (χ0n) is 10.0. The molecular formula is C13H17NO3. The van der Waals surface area contributed by atoms with Gasteiger partial charge in [-0.15, -0.1) is 0 Å². The third kappa shape index (κ3) is 3.20. The van der Waals surface area contributed by atoms with Gasteiger partial charge < -0.3 is 4.74 Å². The van der Waals surface area contributed by atoms with Gasteiger partial charge in [-0.25, -0.2) is 5.06 Å². The number of carbonyl (C=O) groups is 1. The first kappa shape index (κ1) is 11.9. The zero-order chi connectivity index (χ0) is 12.1. The van der Waals surface area contributed by atoms with E-state index in [9.17, 15) is 4.79 Å². The molecule has 1 amide bonds. The van der Waals surface area contributed by atoms with Crippen molar-refractivity contribution in [2.45, 2.75) is 19.3 Å². The zero-order valence-corrected chi connectivity index (χ0v) is 10.0. The number of benzene rings is 1. The van der Waals surface area contributed by atoms with Crippen LogP contribution in [0.5, 0.6) is 5.75 Å². The number of methoxy groups -OCH3 is 1. The van der Waals surface area contributed by atoms with Crippen molar-refractivity contribution in [2.24, 2.45) is 0 Å². The molecule has 0 spiro atoms. The third-order valence-electron chi connectivity index (χ3n) is 2.77. The van der Waals surface area contributed by atoms with Crippen molar-refractivity contribution >= 4 is 5.91 Å². The van der Waals surface area contributed by atoms with Crippen molar-refractivity contribution < 1.29 is 14.4 Å². The fraction of sp³-hybridized carbons (Fsp3) is 0.462. The van der Waals surface area contributed by atoms with E-state index < -0.39 is 0 Å². The number of amides is 1. The molecule has 0 bridgehead atoms. The Bertz CT molecular complexity index is 386. The number of carbonyl (C=O) groups excluding carboxylic acids is 1. The highest BCUT2D eigenvalue weighted by Gasteiger charge is 2.17. The van der Waals surface area contributed by atoms with Gasteiger partial charge in [-0.05, 0) is 30.5 Å². The number of rotatable bonds is 3. The van der Waals surface area contributed by atoms with Crippen molar-refractivity contribution in [3.63, 3.8) is 0 Å². The molecule has 0 aromatic heterocycles. The Morgan fingerprint density at radius 2 is 2.35 bits per heavy atom. The van der Waals surface area contributed by atoms with Crippen molar-refractivity contribution in [1.82, 2.24) is 5.06 Å². The first-order chi connectivity index (χ1) is 8.29. The highest BCUT2D eigenvalue weighted by Crippen LogP contribution is 2.15. The van der Waals surface area contributed by atoms with Gasteiger partial charge in [0.05, 0.1) is 20.1 Å². The largest absolute Gasteiger partial charge is 0.497 e. The van der Waals surface area contributed by atoms with Gasteiger partial charge in [-0.2, -0.15) is 0 Å². The maximum absolute atomic E-state index is 11.9. The lowest BCUT2D eigenvalue weighted by Gasteiger charge is -2.25. The Labute approximate surface area is 101 Å². The van der Waals surface area contributed by atoms with E-state index in [1.54, 1.807) is 7.11 Å². The molecule has 1 aliphatic rings. The fourth-order valence-corrected chi connectivity index (χ4v) is 1.84. The van der Waals surface area contributed by atoms with Crippen LogP contribution in [0, 0.1) is 0 Å². The van der Waals surface area contributed by atoms with Crippen LogP contribution >= 0.6 is 0 Å². The van der Waals surface area contributed by atoms with Gasteiger partial charge in [0.15, 0.2) is 0 Å². The quantitative estimate of drug-likeness (QED) is 0.801. The molecule has 0 aliphatic carbocycles. The number of hydrogen-bond acceptors (Lipinski definition) is 3. The fourth-order valence-electron chi connectivity index (χ4n) is 1.84. The third-order valence-corrected chi connectivity index (χ3v) is 2.77. The summed E-state index contributed by atoms with van der Waals surface area (Å²) in [5.74, 6) is 0.785. The summed E-state index contributed by atoms with van der Waals surface area (Å²) in [5.41, 5.74) is 0.948. The summed E-state index contributed by atoms with van der Waals surface area (Å²) in [6.45, 7) is 1.34. The summed E-state index contributed by atoms with van der Waals surface area (Å²) >= 11 is 0.